The molecular formula is C12H16O2. The average Bonchev–Trinajstić information content (AvgIpc) is 2.42. The summed E-state index contributed by atoms with van der Waals surface area (Å²) in [5, 5.41) is 0. The molecule has 0 radical (unpaired) electrons. The van der Waals surface area contributed by atoms with E-state index in [0.717, 1.165) is 44.0 Å². The largest absolute Gasteiger partial charge is 0.490 e. The lowest BCUT2D eigenvalue weighted by atomic mass is 10.0. The molecule has 2 aliphatic rings. The summed E-state index contributed by atoms with van der Waals surface area (Å²) >= 11 is 0. The fraction of sp³-hybridized carbons (Fsp3) is 0.500. The van der Waals surface area contributed by atoms with Gasteiger partial charge in [-0.2, -0.15) is 0 Å². The minimum atomic E-state index is 0.766. The first-order valence-corrected chi connectivity index (χ1v) is 5.27. The van der Waals surface area contributed by atoms with Crippen molar-refractivity contribution in [3.05, 3.63) is 35.3 Å². The van der Waals surface area contributed by atoms with Gasteiger partial charge < -0.3 is 9.47 Å². The first-order valence-electron chi connectivity index (χ1n) is 5.27. The quantitative estimate of drug-likeness (QED) is 0.636. The molecule has 0 spiro atoms. The average molecular weight is 192 g/mol. The van der Waals surface area contributed by atoms with Gasteiger partial charge in [-0.3, -0.25) is 0 Å². The van der Waals surface area contributed by atoms with Crippen molar-refractivity contribution < 1.29 is 9.47 Å². The molecule has 76 valence electrons. The van der Waals surface area contributed by atoms with Crippen LogP contribution in [0.2, 0.25) is 0 Å². The molecule has 1 heterocycles. The van der Waals surface area contributed by atoms with Gasteiger partial charge in [0, 0.05) is 6.42 Å². The van der Waals surface area contributed by atoms with Crippen LogP contribution in [0.3, 0.4) is 0 Å². The van der Waals surface area contributed by atoms with Crippen LogP contribution < -0.4 is 0 Å². The maximum absolute atomic E-state index is 5.61. The summed E-state index contributed by atoms with van der Waals surface area (Å²) in [6, 6.07) is 0. The van der Waals surface area contributed by atoms with Crippen molar-refractivity contribution in [2.75, 3.05) is 13.2 Å². The monoisotopic (exact) mass is 192 g/mol. The van der Waals surface area contributed by atoms with E-state index in [1.54, 1.807) is 0 Å². The molecule has 0 atom stereocenters. The van der Waals surface area contributed by atoms with Crippen LogP contribution in [0.15, 0.2) is 35.3 Å². The highest BCUT2D eigenvalue weighted by atomic mass is 16.5. The van der Waals surface area contributed by atoms with E-state index in [9.17, 15) is 0 Å². The number of hydrogen-bond donors (Lipinski definition) is 0. The van der Waals surface area contributed by atoms with E-state index in [2.05, 4.69) is 25.2 Å². The summed E-state index contributed by atoms with van der Waals surface area (Å²) in [5.41, 5.74) is 1.33. The van der Waals surface area contributed by atoms with Crippen molar-refractivity contribution >= 4 is 0 Å². The van der Waals surface area contributed by atoms with E-state index in [1.165, 1.54) is 5.57 Å². The highest BCUT2D eigenvalue weighted by molar-refractivity contribution is 5.37. The summed E-state index contributed by atoms with van der Waals surface area (Å²) < 4.78 is 11.2. The third kappa shape index (κ3) is 2.00. The highest BCUT2D eigenvalue weighted by Gasteiger charge is 2.16. The molecule has 1 aliphatic carbocycles. The Morgan fingerprint density at radius 1 is 1.29 bits per heavy atom. The first-order chi connectivity index (χ1) is 6.90. The number of hydrogen-bond acceptors (Lipinski definition) is 2. The molecular weight excluding hydrogens is 176 g/mol. The minimum Gasteiger partial charge on any atom is -0.490 e. The van der Waals surface area contributed by atoms with Gasteiger partial charge in [-0.1, -0.05) is 13.0 Å². The second kappa shape index (κ2) is 4.36. The van der Waals surface area contributed by atoms with E-state index in [1.807, 2.05) is 0 Å². The molecule has 1 saturated heterocycles. The van der Waals surface area contributed by atoms with Crippen LogP contribution in [-0.4, -0.2) is 13.2 Å². The summed E-state index contributed by atoms with van der Waals surface area (Å²) in [4.78, 5) is 0. The van der Waals surface area contributed by atoms with Crippen molar-refractivity contribution in [1.82, 2.24) is 0 Å². The van der Waals surface area contributed by atoms with Crippen LogP contribution >= 0.6 is 0 Å². The van der Waals surface area contributed by atoms with Crippen LogP contribution in [0, 0.1) is 0 Å². The lowest BCUT2D eigenvalue weighted by Crippen LogP contribution is -2.00. The molecule has 2 nitrogen and oxygen atoms in total. The molecule has 0 bridgehead atoms. The Bertz CT molecular complexity index is 297. The van der Waals surface area contributed by atoms with Gasteiger partial charge in [0.25, 0.3) is 0 Å². The molecule has 2 rings (SSSR count). The lowest BCUT2D eigenvalue weighted by molar-refractivity contribution is 0.217. The molecule has 0 amide bonds. The number of allylic oxidation sites excluding steroid dienone is 4. The highest BCUT2D eigenvalue weighted by Crippen LogP contribution is 2.26. The maximum atomic E-state index is 5.61. The van der Waals surface area contributed by atoms with Gasteiger partial charge in [-0.25, -0.2) is 0 Å². The number of fused-ring (bicyclic) bond motifs is 1. The second-order valence-corrected chi connectivity index (χ2v) is 3.52. The summed E-state index contributed by atoms with van der Waals surface area (Å²) in [5.74, 6) is 1.84. The molecule has 0 N–H and O–H groups in total. The summed E-state index contributed by atoms with van der Waals surface area (Å²) in [6.07, 6.45) is 9.46. The normalized spacial score (nSPS) is 23.9. The Balaban J connectivity index is 2.17. The zero-order valence-corrected chi connectivity index (χ0v) is 8.58. The van der Waals surface area contributed by atoms with Gasteiger partial charge in [0.2, 0.25) is 0 Å². The Hall–Kier alpha value is -1.18. The van der Waals surface area contributed by atoms with E-state index >= 15 is 0 Å². The van der Waals surface area contributed by atoms with Crippen molar-refractivity contribution in [3.8, 4) is 0 Å². The van der Waals surface area contributed by atoms with Crippen LogP contribution in [0.5, 0.6) is 0 Å². The molecule has 14 heavy (non-hydrogen) atoms. The first kappa shape index (κ1) is 9.38. The maximum Gasteiger partial charge on any atom is 0.161 e. The number of rotatable bonds is 1. The van der Waals surface area contributed by atoms with E-state index in [0.29, 0.717) is 0 Å². The molecule has 1 fully saturated rings. The molecule has 0 aromatic heterocycles. The van der Waals surface area contributed by atoms with Gasteiger partial charge in [0.1, 0.15) is 0 Å². The van der Waals surface area contributed by atoms with Crippen molar-refractivity contribution in [3.63, 3.8) is 0 Å². The van der Waals surface area contributed by atoms with Crippen LogP contribution in [0.25, 0.3) is 0 Å². The Kier molecular flexibility index (Phi) is 2.92. The summed E-state index contributed by atoms with van der Waals surface area (Å²) in [7, 11) is 0. The van der Waals surface area contributed by atoms with Crippen molar-refractivity contribution in [2.45, 2.75) is 26.2 Å². The smallest absolute Gasteiger partial charge is 0.161 e. The van der Waals surface area contributed by atoms with Crippen molar-refractivity contribution in [2.24, 2.45) is 0 Å². The SMILES string of the molecule is CCC=C1C=C2OCCCOC2=CC1. The standard InChI is InChI=1S/C12H16O2/c1-2-4-10-5-6-11-12(9-10)14-8-3-7-13-11/h4,6,9H,2-3,5,7-8H2,1H3. The lowest BCUT2D eigenvalue weighted by Gasteiger charge is -2.14. The Labute approximate surface area is 84.9 Å². The molecule has 0 unspecified atom stereocenters. The van der Waals surface area contributed by atoms with Gasteiger partial charge in [-0.15, -0.1) is 0 Å². The number of ether oxygens (including phenoxy) is 2. The van der Waals surface area contributed by atoms with Gasteiger partial charge in [0.05, 0.1) is 13.2 Å². The molecule has 2 heteroatoms. The zero-order chi connectivity index (χ0) is 9.80. The Morgan fingerprint density at radius 3 is 2.86 bits per heavy atom. The van der Waals surface area contributed by atoms with Crippen LogP contribution in [0.1, 0.15) is 26.2 Å². The van der Waals surface area contributed by atoms with E-state index in [-0.39, 0.29) is 0 Å². The van der Waals surface area contributed by atoms with Crippen molar-refractivity contribution in [1.29, 1.82) is 0 Å². The molecule has 0 saturated carbocycles. The van der Waals surface area contributed by atoms with Gasteiger partial charge in [0.15, 0.2) is 11.5 Å². The summed E-state index contributed by atoms with van der Waals surface area (Å²) in [6.45, 7) is 3.69. The van der Waals surface area contributed by atoms with Gasteiger partial charge >= 0.3 is 0 Å². The van der Waals surface area contributed by atoms with E-state index < -0.39 is 0 Å². The minimum absolute atomic E-state index is 0.766. The van der Waals surface area contributed by atoms with Crippen LogP contribution in [0.4, 0.5) is 0 Å². The third-order valence-electron chi connectivity index (χ3n) is 2.35. The fourth-order valence-corrected chi connectivity index (χ4v) is 1.68. The fourth-order valence-electron chi connectivity index (χ4n) is 1.68. The second-order valence-electron chi connectivity index (χ2n) is 3.52. The molecule has 1 aliphatic heterocycles. The van der Waals surface area contributed by atoms with Gasteiger partial charge in [-0.05, 0) is 30.6 Å². The topological polar surface area (TPSA) is 18.5 Å². The zero-order valence-electron chi connectivity index (χ0n) is 8.58. The molecule has 0 aromatic rings. The predicted molar refractivity (Wildman–Crippen MR) is 55.7 cm³/mol. The van der Waals surface area contributed by atoms with E-state index in [4.69, 9.17) is 9.47 Å². The molecule has 0 aromatic carbocycles. The van der Waals surface area contributed by atoms with Crippen LogP contribution in [-0.2, 0) is 9.47 Å². The Morgan fingerprint density at radius 2 is 2.07 bits per heavy atom. The predicted octanol–water partition coefficient (Wildman–Crippen LogP) is 2.93. The third-order valence-corrected chi connectivity index (χ3v) is 2.35.